The second-order valence-corrected chi connectivity index (χ2v) is 7.00. The Hall–Kier alpha value is -2.06. The van der Waals surface area contributed by atoms with E-state index >= 15 is 0 Å². The quantitative estimate of drug-likeness (QED) is 0.413. The molecule has 128 valence electrons. The van der Waals surface area contributed by atoms with Crippen molar-refractivity contribution in [1.29, 1.82) is 0 Å². The highest BCUT2D eigenvalue weighted by molar-refractivity contribution is 5.97. The van der Waals surface area contributed by atoms with Gasteiger partial charge in [-0.05, 0) is 19.3 Å². The molecule has 8 heteroatoms. The maximum absolute atomic E-state index is 12.3. The lowest BCUT2D eigenvalue weighted by Crippen LogP contribution is -2.57. The van der Waals surface area contributed by atoms with Crippen molar-refractivity contribution >= 4 is 11.8 Å². The Labute approximate surface area is 135 Å². The summed E-state index contributed by atoms with van der Waals surface area (Å²) in [5, 5.41) is 14.1. The van der Waals surface area contributed by atoms with Crippen LogP contribution in [0.4, 0.5) is 0 Å². The smallest absolute Gasteiger partial charge is 0.272 e. The van der Waals surface area contributed by atoms with Crippen molar-refractivity contribution < 1.29 is 19.7 Å². The van der Waals surface area contributed by atoms with Crippen LogP contribution in [0.5, 0.6) is 0 Å². The van der Waals surface area contributed by atoms with E-state index < -0.39 is 23.6 Å². The first-order chi connectivity index (χ1) is 10.5. The van der Waals surface area contributed by atoms with Gasteiger partial charge in [0, 0.05) is 18.8 Å². The van der Waals surface area contributed by atoms with Crippen molar-refractivity contribution in [3.8, 4) is 0 Å². The fourth-order valence-electron chi connectivity index (χ4n) is 1.82. The van der Waals surface area contributed by atoms with Crippen molar-refractivity contribution in [2.45, 2.75) is 52.8 Å². The molecule has 1 rings (SSSR count). The summed E-state index contributed by atoms with van der Waals surface area (Å²) in [6, 6.07) is 0. The van der Waals surface area contributed by atoms with Crippen LogP contribution in [-0.4, -0.2) is 38.8 Å². The van der Waals surface area contributed by atoms with E-state index in [0.29, 0.717) is 6.42 Å². The van der Waals surface area contributed by atoms with Gasteiger partial charge in [-0.2, -0.15) is 0 Å². The van der Waals surface area contributed by atoms with Gasteiger partial charge in [0.2, 0.25) is 5.91 Å². The van der Waals surface area contributed by atoms with Crippen LogP contribution in [0.2, 0.25) is 0 Å². The highest BCUT2D eigenvalue weighted by atomic mass is 17.1. The van der Waals surface area contributed by atoms with E-state index in [9.17, 15) is 9.59 Å². The summed E-state index contributed by atoms with van der Waals surface area (Å²) in [6.07, 6.45) is 3.69. The largest absolute Gasteiger partial charge is 0.337 e. The Morgan fingerprint density at radius 3 is 2.39 bits per heavy atom. The van der Waals surface area contributed by atoms with Gasteiger partial charge in [-0.15, -0.1) is 0 Å². The molecule has 1 aromatic heterocycles. The molecule has 23 heavy (non-hydrogen) atoms. The third-order valence-corrected chi connectivity index (χ3v) is 3.01. The second kappa shape index (κ2) is 7.47. The summed E-state index contributed by atoms with van der Waals surface area (Å²) in [4.78, 5) is 36.4. The van der Waals surface area contributed by atoms with Gasteiger partial charge in [0.15, 0.2) is 6.23 Å². The fourth-order valence-corrected chi connectivity index (χ4v) is 1.82. The van der Waals surface area contributed by atoms with Gasteiger partial charge < -0.3 is 10.6 Å². The summed E-state index contributed by atoms with van der Waals surface area (Å²) in [5.74, 6) is -1.01. The predicted molar refractivity (Wildman–Crippen MR) is 83.3 cm³/mol. The molecule has 1 heterocycles. The number of nitrogens with zero attached hydrogens (tertiary/aromatic N) is 2. The molecule has 0 saturated carbocycles. The van der Waals surface area contributed by atoms with Gasteiger partial charge >= 0.3 is 0 Å². The Kier molecular flexibility index (Phi) is 6.17. The van der Waals surface area contributed by atoms with Crippen LogP contribution in [0.25, 0.3) is 0 Å². The topological polar surface area (TPSA) is 113 Å². The zero-order chi connectivity index (χ0) is 17.7. The molecule has 1 aromatic rings. The van der Waals surface area contributed by atoms with Gasteiger partial charge in [0.1, 0.15) is 11.2 Å². The SMILES string of the molecule is CC(C)(C)C[C@H](NC(=O)C(C)(C)NC(=O)c1cnccn1)OO. The first kappa shape index (κ1) is 19.0. The molecule has 0 aliphatic heterocycles. The van der Waals surface area contributed by atoms with E-state index in [4.69, 9.17) is 5.26 Å². The summed E-state index contributed by atoms with van der Waals surface area (Å²) >= 11 is 0. The number of aromatic nitrogens is 2. The molecule has 3 N–H and O–H groups in total. The minimum Gasteiger partial charge on any atom is -0.337 e. The molecule has 0 saturated heterocycles. The van der Waals surface area contributed by atoms with Crippen molar-refractivity contribution in [1.82, 2.24) is 20.6 Å². The van der Waals surface area contributed by atoms with Gasteiger partial charge in [0.05, 0.1) is 6.20 Å². The Morgan fingerprint density at radius 1 is 1.26 bits per heavy atom. The Morgan fingerprint density at radius 2 is 1.91 bits per heavy atom. The van der Waals surface area contributed by atoms with Gasteiger partial charge in [-0.3, -0.25) is 14.6 Å². The summed E-state index contributed by atoms with van der Waals surface area (Å²) in [6.45, 7) is 8.94. The first-order valence-corrected chi connectivity index (χ1v) is 7.25. The van der Waals surface area contributed by atoms with Crippen LogP contribution >= 0.6 is 0 Å². The number of nitrogens with one attached hydrogen (secondary N) is 2. The van der Waals surface area contributed by atoms with Crippen molar-refractivity contribution in [3.63, 3.8) is 0 Å². The standard InChI is InChI=1S/C15H24N4O4/c1-14(2,3)8-11(23-22)18-13(21)15(4,5)19-12(20)10-9-16-6-7-17-10/h6-7,9,11,22H,8H2,1-5H3,(H,18,21)(H,19,20)/t11-/m1/s1. The van der Waals surface area contributed by atoms with Gasteiger partial charge in [-0.1, -0.05) is 20.8 Å². The minimum atomic E-state index is -1.22. The third-order valence-electron chi connectivity index (χ3n) is 3.01. The zero-order valence-electron chi connectivity index (χ0n) is 14.1. The van der Waals surface area contributed by atoms with Crippen LogP contribution < -0.4 is 10.6 Å². The number of carbonyl (C=O) groups is 2. The average molecular weight is 324 g/mol. The Bertz CT molecular complexity index is 540. The van der Waals surface area contributed by atoms with E-state index in [1.54, 1.807) is 13.8 Å². The molecule has 8 nitrogen and oxygen atoms in total. The lowest BCUT2D eigenvalue weighted by Gasteiger charge is -2.29. The van der Waals surface area contributed by atoms with E-state index in [-0.39, 0.29) is 11.1 Å². The molecule has 0 bridgehead atoms. The Balaban J connectivity index is 2.71. The van der Waals surface area contributed by atoms with Crippen molar-refractivity contribution in [2.24, 2.45) is 5.41 Å². The minimum absolute atomic E-state index is 0.109. The van der Waals surface area contributed by atoms with Crippen LogP contribution in [0.3, 0.4) is 0 Å². The molecule has 0 aliphatic carbocycles. The molecule has 2 amide bonds. The molecular weight excluding hydrogens is 300 g/mol. The highest BCUT2D eigenvalue weighted by Gasteiger charge is 2.33. The number of hydrogen-bond acceptors (Lipinski definition) is 6. The highest BCUT2D eigenvalue weighted by Crippen LogP contribution is 2.21. The number of rotatable bonds is 6. The van der Waals surface area contributed by atoms with E-state index in [1.807, 2.05) is 20.8 Å². The molecule has 0 radical (unpaired) electrons. The van der Waals surface area contributed by atoms with Crippen LogP contribution in [0, 0.1) is 5.41 Å². The first-order valence-electron chi connectivity index (χ1n) is 7.25. The maximum Gasteiger partial charge on any atom is 0.272 e. The fraction of sp³-hybridized carbons (Fsp3) is 0.600. The second-order valence-electron chi connectivity index (χ2n) is 7.00. The normalized spacial score (nSPS) is 13.3. The van der Waals surface area contributed by atoms with Gasteiger partial charge in [0.25, 0.3) is 5.91 Å². The lowest BCUT2D eigenvalue weighted by atomic mass is 9.91. The van der Waals surface area contributed by atoms with Crippen LogP contribution in [0.1, 0.15) is 51.5 Å². The summed E-state index contributed by atoms with van der Waals surface area (Å²) in [5.41, 5.74) is -1.27. The monoisotopic (exact) mass is 324 g/mol. The number of hydrogen-bond donors (Lipinski definition) is 3. The molecule has 0 aromatic carbocycles. The summed E-state index contributed by atoms with van der Waals surface area (Å²) < 4.78 is 0. The molecule has 1 atom stereocenters. The third kappa shape index (κ3) is 6.29. The van der Waals surface area contributed by atoms with E-state index in [2.05, 4.69) is 25.5 Å². The van der Waals surface area contributed by atoms with Crippen LogP contribution in [-0.2, 0) is 9.68 Å². The average Bonchev–Trinajstić information content (AvgIpc) is 2.45. The molecule has 0 aliphatic rings. The number of carbonyl (C=O) groups excluding carboxylic acids is 2. The van der Waals surface area contributed by atoms with Crippen molar-refractivity contribution in [2.75, 3.05) is 0 Å². The number of amides is 2. The van der Waals surface area contributed by atoms with Gasteiger partial charge in [-0.25, -0.2) is 15.1 Å². The summed E-state index contributed by atoms with van der Waals surface area (Å²) in [7, 11) is 0. The molecular formula is C15H24N4O4. The van der Waals surface area contributed by atoms with Crippen LogP contribution in [0.15, 0.2) is 18.6 Å². The molecule has 0 fully saturated rings. The lowest BCUT2D eigenvalue weighted by molar-refractivity contribution is -0.290. The maximum atomic E-state index is 12.3. The molecule has 0 spiro atoms. The van der Waals surface area contributed by atoms with E-state index in [0.717, 1.165) is 0 Å². The van der Waals surface area contributed by atoms with Crippen molar-refractivity contribution in [3.05, 3.63) is 24.3 Å². The molecule has 0 unspecified atom stereocenters. The zero-order valence-corrected chi connectivity index (χ0v) is 14.1. The predicted octanol–water partition coefficient (Wildman–Crippen LogP) is 1.35. The van der Waals surface area contributed by atoms with E-state index in [1.165, 1.54) is 18.6 Å².